The van der Waals surface area contributed by atoms with Crippen molar-refractivity contribution in [1.82, 2.24) is 10.2 Å². The van der Waals surface area contributed by atoms with E-state index in [-0.39, 0.29) is 23.4 Å². The SMILES string of the molecule is CCc1ccccc1N(CC(=O)N(Cc1c(Cl)cccc1Cl)[C@H](C)C(=O)N[C@@H](C)CC)S(=O)(=O)c1ccccc1. The van der Waals surface area contributed by atoms with Crippen molar-refractivity contribution in [2.75, 3.05) is 10.8 Å². The summed E-state index contributed by atoms with van der Waals surface area (Å²) >= 11 is 12.9. The Kier molecular flexibility index (Phi) is 11.0. The average molecular weight is 605 g/mol. The summed E-state index contributed by atoms with van der Waals surface area (Å²) in [6, 6.07) is 19.0. The molecule has 0 heterocycles. The summed E-state index contributed by atoms with van der Waals surface area (Å²) in [7, 11) is -4.14. The molecule has 0 radical (unpaired) electrons. The van der Waals surface area contributed by atoms with Crippen molar-refractivity contribution in [2.45, 2.75) is 64.1 Å². The molecule has 10 heteroatoms. The molecule has 0 saturated heterocycles. The lowest BCUT2D eigenvalue weighted by molar-refractivity contribution is -0.139. The summed E-state index contributed by atoms with van der Waals surface area (Å²) in [4.78, 5) is 28.7. The zero-order valence-corrected chi connectivity index (χ0v) is 25.4. The Morgan fingerprint density at radius 2 is 1.48 bits per heavy atom. The standard InChI is InChI=1S/C30H35Cl2N3O4S/c1-5-21(3)33-30(37)22(4)34(19-25-26(31)16-12-17-27(25)32)29(36)20-35(28-18-11-10-13-23(28)6-2)40(38,39)24-14-8-7-9-15-24/h7-18,21-22H,5-6,19-20H2,1-4H3,(H,33,37)/t21-,22+/m0/s1. The Morgan fingerprint density at radius 1 is 0.875 bits per heavy atom. The summed E-state index contributed by atoms with van der Waals surface area (Å²) in [6.45, 7) is 6.73. The molecule has 0 aliphatic heterocycles. The molecule has 0 aliphatic rings. The number of carbonyl (C=O) groups excluding carboxylic acids is 2. The smallest absolute Gasteiger partial charge is 0.264 e. The Morgan fingerprint density at radius 3 is 2.08 bits per heavy atom. The Balaban J connectivity index is 2.09. The van der Waals surface area contributed by atoms with Crippen LogP contribution in [0, 0.1) is 0 Å². The molecule has 2 atom stereocenters. The number of para-hydroxylation sites is 1. The molecular formula is C30H35Cl2N3O4S. The molecule has 7 nitrogen and oxygen atoms in total. The van der Waals surface area contributed by atoms with Gasteiger partial charge in [-0.05, 0) is 62.6 Å². The fourth-order valence-corrected chi connectivity index (χ4v) is 6.18. The molecule has 1 N–H and O–H groups in total. The van der Waals surface area contributed by atoms with Gasteiger partial charge in [0.2, 0.25) is 11.8 Å². The van der Waals surface area contributed by atoms with E-state index in [1.165, 1.54) is 17.0 Å². The van der Waals surface area contributed by atoms with Gasteiger partial charge in [0, 0.05) is 28.2 Å². The fourth-order valence-electron chi connectivity index (χ4n) is 4.19. The molecule has 3 aromatic rings. The van der Waals surface area contributed by atoms with Crippen molar-refractivity contribution < 1.29 is 18.0 Å². The Bertz CT molecular complexity index is 1410. The van der Waals surface area contributed by atoms with Crippen LogP contribution in [0.3, 0.4) is 0 Å². The van der Waals surface area contributed by atoms with E-state index >= 15 is 0 Å². The molecule has 0 aromatic heterocycles. The summed E-state index contributed by atoms with van der Waals surface area (Å²) in [5.41, 5.74) is 1.63. The highest BCUT2D eigenvalue weighted by molar-refractivity contribution is 7.92. The van der Waals surface area contributed by atoms with Crippen LogP contribution in [-0.4, -0.2) is 43.8 Å². The minimum atomic E-state index is -4.14. The van der Waals surface area contributed by atoms with Crippen LogP contribution in [0.2, 0.25) is 10.0 Å². The van der Waals surface area contributed by atoms with Gasteiger partial charge in [-0.15, -0.1) is 0 Å². The van der Waals surface area contributed by atoms with Crippen molar-refractivity contribution >= 4 is 50.7 Å². The summed E-state index contributed by atoms with van der Waals surface area (Å²) < 4.78 is 29.0. The summed E-state index contributed by atoms with van der Waals surface area (Å²) in [6.07, 6.45) is 1.26. The third-order valence-corrected chi connectivity index (χ3v) is 9.29. The minimum absolute atomic E-state index is 0.0527. The molecule has 3 rings (SSSR count). The molecule has 0 unspecified atom stereocenters. The quantitative estimate of drug-likeness (QED) is 0.272. The molecule has 0 fully saturated rings. The highest BCUT2D eigenvalue weighted by atomic mass is 35.5. The predicted octanol–water partition coefficient (Wildman–Crippen LogP) is 6.08. The second-order valence-corrected chi connectivity index (χ2v) is 12.2. The molecule has 0 spiro atoms. The van der Waals surface area contributed by atoms with E-state index in [0.717, 1.165) is 9.87 Å². The molecule has 214 valence electrons. The van der Waals surface area contributed by atoms with Crippen LogP contribution in [0.25, 0.3) is 0 Å². The first-order valence-electron chi connectivity index (χ1n) is 13.2. The van der Waals surface area contributed by atoms with Gasteiger partial charge in [0.15, 0.2) is 0 Å². The summed E-state index contributed by atoms with van der Waals surface area (Å²) in [5.74, 6) is -0.939. The lowest BCUT2D eigenvalue weighted by atomic mass is 10.1. The van der Waals surface area contributed by atoms with E-state index in [1.807, 2.05) is 32.9 Å². The Labute approximate surface area is 247 Å². The Hall–Kier alpha value is -3.07. The maximum Gasteiger partial charge on any atom is 0.264 e. The van der Waals surface area contributed by atoms with Crippen LogP contribution < -0.4 is 9.62 Å². The first kappa shape index (κ1) is 31.5. The van der Waals surface area contributed by atoms with Crippen LogP contribution in [-0.2, 0) is 32.6 Å². The van der Waals surface area contributed by atoms with E-state index in [9.17, 15) is 18.0 Å². The van der Waals surface area contributed by atoms with Crippen molar-refractivity contribution in [3.8, 4) is 0 Å². The first-order chi connectivity index (χ1) is 19.0. The van der Waals surface area contributed by atoms with Crippen molar-refractivity contribution in [3.05, 3.63) is 94.0 Å². The number of hydrogen-bond donors (Lipinski definition) is 1. The lowest BCUT2D eigenvalue weighted by Gasteiger charge is -2.33. The number of sulfonamides is 1. The van der Waals surface area contributed by atoms with Crippen LogP contribution >= 0.6 is 23.2 Å². The van der Waals surface area contributed by atoms with Gasteiger partial charge in [-0.1, -0.05) is 79.5 Å². The van der Waals surface area contributed by atoms with Crippen molar-refractivity contribution in [3.63, 3.8) is 0 Å². The third-order valence-electron chi connectivity index (χ3n) is 6.81. The van der Waals surface area contributed by atoms with Crippen LogP contribution in [0.4, 0.5) is 5.69 Å². The molecule has 3 aromatic carbocycles. The van der Waals surface area contributed by atoms with E-state index in [0.29, 0.717) is 34.1 Å². The van der Waals surface area contributed by atoms with Gasteiger partial charge in [0.05, 0.1) is 10.6 Å². The maximum atomic E-state index is 14.1. The largest absolute Gasteiger partial charge is 0.352 e. The van der Waals surface area contributed by atoms with E-state index in [1.54, 1.807) is 55.5 Å². The topological polar surface area (TPSA) is 86.8 Å². The number of carbonyl (C=O) groups is 2. The first-order valence-corrected chi connectivity index (χ1v) is 15.4. The number of benzene rings is 3. The zero-order valence-electron chi connectivity index (χ0n) is 23.1. The van der Waals surface area contributed by atoms with Gasteiger partial charge in [0.1, 0.15) is 12.6 Å². The normalized spacial score (nSPS) is 12.8. The number of rotatable bonds is 12. The number of hydrogen-bond acceptors (Lipinski definition) is 4. The monoisotopic (exact) mass is 603 g/mol. The van der Waals surface area contributed by atoms with Crippen molar-refractivity contribution in [2.24, 2.45) is 0 Å². The molecule has 0 bridgehead atoms. The average Bonchev–Trinajstić information content (AvgIpc) is 2.95. The molecule has 2 amide bonds. The van der Waals surface area contributed by atoms with Gasteiger partial charge in [-0.3, -0.25) is 13.9 Å². The molecular weight excluding hydrogens is 569 g/mol. The van der Waals surface area contributed by atoms with Gasteiger partial charge in [-0.2, -0.15) is 0 Å². The second kappa shape index (κ2) is 14.0. The van der Waals surface area contributed by atoms with Crippen molar-refractivity contribution in [1.29, 1.82) is 0 Å². The van der Waals surface area contributed by atoms with Gasteiger partial charge >= 0.3 is 0 Å². The van der Waals surface area contributed by atoms with Gasteiger partial charge < -0.3 is 10.2 Å². The van der Waals surface area contributed by atoms with Crippen LogP contribution in [0.5, 0.6) is 0 Å². The zero-order chi connectivity index (χ0) is 29.4. The number of anilines is 1. The highest BCUT2D eigenvalue weighted by Gasteiger charge is 2.34. The number of amides is 2. The van der Waals surface area contributed by atoms with Gasteiger partial charge in [-0.25, -0.2) is 8.42 Å². The minimum Gasteiger partial charge on any atom is -0.352 e. The second-order valence-electron chi connectivity index (χ2n) is 9.52. The third kappa shape index (κ3) is 7.36. The summed E-state index contributed by atoms with van der Waals surface area (Å²) in [5, 5.41) is 3.58. The van der Waals surface area contributed by atoms with Gasteiger partial charge in [0.25, 0.3) is 10.0 Å². The van der Waals surface area contributed by atoms with E-state index < -0.39 is 28.5 Å². The lowest BCUT2D eigenvalue weighted by Crippen LogP contribution is -2.52. The van der Waals surface area contributed by atoms with E-state index in [2.05, 4.69) is 5.32 Å². The number of aryl methyl sites for hydroxylation is 1. The predicted molar refractivity (Wildman–Crippen MR) is 161 cm³/mol. The molecule has 40 heavy (non-hydrogen) atoms. The number of halogens is 2. The molecule has 0 aliphatic carbocycles. The molecule has 0 saturated carbocycles. The maximum absolute atomic E-state index is 14.1. The number of nitrogens with one attached hydrogen (secondary N) is 1. The van der Waals surface area contributed by atoms with Crippen LogP contribution in [0.15, 0.2) is 77.7 Å². The highest BCUT2D eigenvalue weighted by Crippen LogP contribution is 2.30. The van der Waals surface area contributed by atoms with E-state index in [4.69, 9.17) is 23.2 Å². The fraction of sp³-hybridized carbons (Fsp3) is 0.333. The van der Waals surface area contributed by atoms with Crippen LogP contribution in [0.1, 0.15) is 45.2 Å². The number of nitrogens with zero attached hydrogens (tertiary/aromatic N) is 2.